The van der Waals surface area contributed by atoms with Crippen molar-refractivity contribution in [3.8, 4) is 5.75 Å². The van der Waals surface area contributed by atoms with Crippen LogP contribution in [0.1, 0.15) is 24.5 Å². The van der Waals surface area contributed by atoms with Crippen LogP contribution in [0, 0.1) is 5.92 Å². The second kappa shape index (κ2) is 9.41. The highest BCUT2D eigenvalue weighted by molar-refractivity contribution is 6.72. The van der Waals surface area contributed by atoms with Crippen LogP contribution in [-0.4, -0.2) is 58.5 Å². The lowest BCUT2D eigenvalue weighted by molar-refractivity contribution is -0.146. The predicted molar refractivity (Wildman–Crippen MR) is 139 cm³/mol. The van der Waals surface area contributed by atoms with Gasteiger partial charge in [0, 0.05) is 29.3 Å². The third-order valence-corrected chi connectivity index (χ3v) is 10.4. The molecule has 0 aliphatic carbocycles. The largest absolute Gasteiger partial charge is 0.497 e. The number of amides is 2. The fourth-order valence-corrected chi connectivity index (χ4v) is 8.88. The number of carbonyl (C=O) groups excluding carboxylic acids is 2. The van der Waals surface area contributed by atoms with E-state index in [1.165, 1.54) is 0 Å². The molecule has 10 heteroatoms. The Balaban J connectivity index is 1.56. The van der Waals surface area contributed by atoms with E-state index in [4.69, 9.17) is 14.2 Å². The quantitative estimate of drug-likeness (QED) is 0.425. The molecule has 2 saturated heterocycles. The molecule has 2 aromatic rings. The summed E-state index contributed by atoms with van der Waals surface area (Å²) in [6.45, 7) is 6.07. The Morgan fingerprint density at radius 1 is 1.22 bits per heavy atom. The minimum Gasteiger partial charge on any atom is -0.497 e. The van der Waals surface area contributed by atoms with E-state index in [2.05, 4.69) is 0 Å². The molecule has 0 aromatic heterocycles. The Morgan fingerprint density at radius 2 is 2.00 bits per heavy atom. The van der Waals surface area contributed by atoms with Crippen LogP contribution in [0.4, 0.5) is 20.3 Å². The molecule has 5 rings (SSSR count). The molecule has 3 heterocycles. The maximum absolute atomic E-state index is 15.7. The van der Waals surface area contributed by atoms with Gasteiger partial charge >= 0.3 is 6.09 Å². The van der Waals surface area contributed by atoms with E-state index in [1.54, 1.807) is 36.1 Å². The summed E-state index contributed by atoms with van der Waals surface area (Å²) in [6, 6.07) is 12.9. The van der Waals surface area contributed by atoms with Crippen LogP contribution in [0.5, 0.6) is 5.75 Å². The van der Waals surface area contributed by atoms with Crippen molar-refractivity contribution >= 4 is 31.8 Å². The van der Waals surface area contributed by atoms with Crippen LogP contribution < -0.4 is 14.5 Å². The Morgan fingerprint density at radius 3 is 2.65 bits per heavy atom. The summed E-state index contributed by atoms with van der Waals surface area (Å²) in [6.07, 6.45) is -0.699. The number of halogens is 1. The standard InChI is InChI=1S/C27H33FN2O6Si/c1-17-24(37(3,4)28)23(10-12-31)36-27(17)21-15-20(34-2)8-9-22(21)30(25(27)32)16-18-6-5-7-19(14-18)29-11-13-35-26(29)33/h5-9,14-15,17,23-24,31H,10-13,16H2,1-4H3/t17-,23+,24-,27+/m1/s1. The molecule has 2 amide bonds. The van der Waals surface area contributed by atoms with Gasteiger partial charge in [0.25, 0.3) is 5.91 Å². The average molecular weight is 529 g/mol. The van der Waals surface area contributed by atoms with Gasteiger partial charge in [0.15, 0.2) is 5.60 Å². The number of benzene rings is 2. The number of carbonyl (C=O) groups is 2. The van der Waals surface area contributed by atoms with E-state index in [1.807, 2.05) is 43.3 Å². The lowest BCUT2D eigenvalue weighted by Crippen LogP contribution is -2.45. The van der Waals surface area contributed by atoms with Crippen LogP contribution >= 0.6 is 0 Å². The van der Waals surface area contributed by atoms with Crippen LogP contribution in [0.25, 0.3) is 0 Å². The number of ether oxygens (including phenoxy) is 3. The van der Waals surface area contributed by atoms with Crippen molar-refractivity contribution in [3.63, 3.8) is 0 Å². The van der Waals surface area contributed by atoms with Gasteiger partial charge in [-0.3, -0.25) is 9.69 Å². The van der Waals surface area contributed by atoms with Crippen molar-refractivity contribution in [1.29, 1.82) is 0 Å². The molecule has 4 atom stereocenters. The molecular weight excluding hydrogens is 495 g/mol. The van der Waals surface area contributed by atoms with E-state index in [0.717, 1.165) is 5.56 Å². The number of aliphatic hydroxyl groups is 1. The van der Waals surface area contributed by atoms with E-state index in [9.17, 15) is 14.7 Å². The van der Waals surface area contributed by atoms with Crippen LogP contribution in [0.15, 0.2) is 42.5 Å². The average Bonchev–Trinajstić information content (AvgIpc) is 3.49. The number of cyclic esters (lactones) is 1. The third kappa shape index (κ3) is 4.11. The molecule has 3 aliphatic heterocycles. The van der Waals surface area contributed by atoms with Crippen LogP contribution in [-0.2, 0) is 26.4 Å². The van der Waals surface area contributed by atoms with E-state index in [0.29, 0.717) is 35.8 Å². The van der Waals surface area contributed by atoms with Gasteiger partial charge in [-0.15, -0.1) is 0 Å². The topological polar surface area (TPSA) is 88.5 Å². The molecule has 0 unspecified atom stereocenters. The monoisotopic (exact) mass is 528 g/mol. The molecular formula is C27H33FN2O6Si. The van der Waals surface area contributed by atoms with Crippen molar-refractivity contribution in [1.82, 2.24) is 0 Å². The highest BCUT2D eigenvalue weighted by Gasteiger charge is 2.66. The van der Waals surface area contributed by atoms with E-state index < -0.39 is 37.7 Å². The second-order valence-corrected chi connectivity index (χ2v) is 14.3. The SMILES string of the molecule is COc1ccc2c(c1)[C@]1(O[C@@H](CCO)[C@H]([Si](C)(C)F)[C@H]1C)C(=O)N2Cc1cccc(N2CCOC2=O)c1. The zero-order chi connectivity index (χ0) is 26.5. The van der Waals surface area contributed by atoms with Gasteiger partial charge in [-0.25, -0.2) is 4.79 Å². The Labute approximate surface area is 217 Å². The van der Waals surface area contributed by atoms with Gasteiger partial charge < -0.3 is 28.3 Å². The van der Waals surface area contributed by atoms with Gasteiger partial charge in [-0.2, -0.15) is 0 Å². The van der Waals surface area contributed by atoms with Gasteiger partial charge in [0.1, 0.15) is 12.4 Å². The number of hydrogen-bond donors (Lipinski definition) is 1. The van der Waals surface area contributed by atoms with Gasteiger partial charge in [0.2, 0.25) is 8.41 Å². The number of nitrogens with zero attached hydrogens (tertiary/aromatic N) is 2. The lowest BCUT2D eigenvalue weighted by Gasteiger charge is -2.31. The van der Waals surface area contributed by atoms with Crippen molar-refractivity contribution in [3.05, 3.63) is 53.6 Å². The Kier molecular flexibility index (Phi) is 6.53. The number of hydrogen-bond acceptors (Lipinski definition) is 6. The molecule has 37 heavy (non-hydrogen) atoms. The summed E-state index contributed by atoms with van der Waals surface area (Å²) < 4.78 is 32.7. The zero-order valence-electron chi connectivity index (χ0n) is 21.6. The van der Waals surface area contributed by atoms with Crippen LogP contribution in [0.3, 0.4) is 0 Å². The first kappa shape index (κ1) is 25.7. The molecule has 8 nitrogen and oxygen atoms in total. The minimum absolute atomic E-state index is 0.150. The molecule has 1 spiro atoms. The van der Waals surface area contributed by atoms with Gasteiger partial charge in [0.05, 0.1) is 32.0 Å². The lowest BCUT2D eigenvalue weighted by atomic mass is 9.82. The van der Waals surface area contributed by atoms with Gasteiger partial charge in [-0.1, -0.05) is 19.1 Å². The highest BCUT2D eigenvalue weighted by Crippen LogP contribution is 2.60. The van der Waals surface area contributed by atoms with Crippen molar-refractivity contribution < 1.29 is 33.0 Å². The first-order valence-corrected chi connectivity index (χ1v) is 15.6. The summed E-state index contributed by atoms with van der Waals surface area (Å²) in [7, 11) is -1.71. The molecule has 3 aliphatic rings. The smallest absolute Gasteiger partial charge is 0.414 e. The first-order chi connectivity index (χ1) is 17.6. The molecule has 1 N–H and O–H groups in total. The first-order valence-electron chi connectivity index (χ1n) is 12.6. The number of fused-ring (bicyclic) bond motifs is 2. The fourth-order valence-electron chi connectivity index (χ4n) is 6.34. The second-order valence-electron chi connectivity index (χ2n) is 10.5. The highest BCUT2D eigenvalue weighted by atomic mass is 28.4. The summed E-state index contributed by atoms with van der Waals surface area (Å²) in [5.41, 5.74) is 1.04. The third-order valence-electron chi connectivity index (χ3n) is 7.91. The summed E-state index contributed by atoms with van der Waals surface area (Å²) in [4.78, 5) is 29.6. The zero-order valence-corrected chi connectivity index (χ0v) is 22.6. The van der Waals surface area contributed by atoms with Crippen molar-refractivity contribution in [2.45, 2.75) is 50.2 Å². The molecule has 0 bridgehead atoms. The minimum atomic E-state index is -3.27. The van der Waals surface area contributed by atoms with E-state index in [-0.39, 0.29) is 25.5 Å². The van der Waals surface area contributed by atoms with Crippen LogP contribution in [0.2, 0.25) is 18.6 Å². The van der Waals surface area contributed by atoms with Crippen molar-refractivity contribution in [2.24, 2.45) is 5.92 Å². The van der Waals surface area contributed by atoms with Crippen molar-refractivity contribution in [2.75, 3.05) is 36.7 Å². The summed E-state index contributed by atoms with van der Waals surface area (Å²) >= 11 is 0. The maximum Gasteiger partial charge on any atom is 0.414 e. The number of rotatable bonds is 7. The molecule has 2 fully saturated rings. The molecule has 2 aromatic carbocycles. The number of anilines is 2. The maximum atomic E-state index is 15.7. The number of methoxy groups -OCH3 is 1. The van der Waals surface area contributed by atoms with Gasteiger partial charge in [-0.05, 0) is 55.4 Å². The molecule has 0 radical (unpaired) electrons. The summed E-state index contributed by atoms with van der Waals surface area (Å²) in [5, 5.41) is 9.71. The molecule has 198 valence electrons. The Hall–Kier alpha value is -2.95. The summed E-state index contributed by atoms with van der Waals surface area (Å²) in [5.74, 6) is -0.111. The normalized spacial score (nSPS) is 27.2. The predicted octanol–water partition coefficient (Wildman–Crippen LogP) is 4.36. The van der Waals surface area contributed by atoms with E-state index >= 15 is 4.11 Å². The molecule has 0 saturated carbocycles. The number of aliphatic hydroxyl groups excluding tert-OH is 1. The Bertz CT molecular complexity index is 1220. The fraction of sp³-hybridized carbons (Fsp3) is 0.481.